The van der Waals surface area contributed by atoms with Crippen molar-refractivity contribution in [3.05, 3.63) is 54.6 Å². The number of nitrogens with zero attached hydrogens (tertiary/aromatic N) is 1. The lowest BCUT2D eigenvalue weighted by atomic mass is 10.2. The van der Waals surface area contributed by atoms with Gasteiger partial charge in [0.2, 0.25) is 9.84 Å². The lowest BCUT2D eigenvalue weighted by Crippen LogP contribution is -2.10. The predicted molar refractivity (Wildman–Crippen MR) is 82.6 cm³/mol. The first-order valence-corrected chi connectivity index (χ1v) is 8.15. The van der Waals surface area contributed by atoms with Crippen LogP contribution in [0.15, 0.2) is 64.5 Å². The molecule has 5 nitrogen and oxygen atoms in total. The van der Waals surface area contributed by atoms with Crippen LogP contribution in [-0.2, 0) is 16.6 Å². The molecule has 1 aromatic heterocycles. The molecule has 22 heavy (non-hydrogen) atoms. The third-order valence-corrected chi connectivity index (χ3v) is 5.32. The van der Waals surface area contributed by atoms with Gasteiger partial charge in [0.25, 0.3) is 0 Å². The van der Waals surface area contributed by atoms with E-state index in [0.29, 0.717) is 16.7 Å². The molecule has 0 aliphatic carbocycles. The van der Waals surface area contributed by atoms with Crippen LogP contribution in [0.3, 0.4) is 0 Å². The number of ether oxygens (including phenoxy) is 1. The molecule has 0 saturated heterocycles. The SMILES string of the molecule is COc1cccc2cc(S(=O)(=O)c3ccccc3)n(CO)c12. The van der Waals surface area contributed by atoms with Gasteiger partial charge in [0.1, 0.15) is 17.5 Å². The first-order chi connectivity index (χ1) is 10.6. The van der Waals surface area contributed by atoms with Gasteiger partial charge in [-0.3, -0.25) is 0 Å². The zero-order chi connectivity index (χ0) is 15.7. The van der Waals surface area contributed by atoms with E-state index >= 15 is 0 Å². The predicted octanol–water partition coefficient (Wildman–Crippen LogP) is 2.43. The third kappa shape index (κ3) is 2.17. The van der Waals surface area contributed by atoms with Crippen molar-refractivity contribution in [1.29, 1.82) is 0 Å². The number of fused-ring (bicyclic) bond motifs is 1. The topological polar surface area (TPSA) is 68.5 Å². The van der Waals surface area contributed by atoms with Crippen LogP contribution in [0.5, 0.6) is 5.75 Å². The van der Waals surface area contributed by atoms with E-state index in [2.05, 4.69) is 0 Å². The van der Waals surface area contributed by atoms with Crippen LogP contribution < -0.4 is 4.74 Å². The number of aromatic nitrogens is 1. The highest BCUT2D eigenvalue weighted by molar-refractivity contribution is 7.91. The zero-order valence-corrected chi connectivity index (χ0v) is 12.7. The molecule has 0 unspecified atom stereocenters. The Morgan fingerprint density at radius 1 is 1.09 bits per heavy atom. The van der Waals surface area contributed by atoms with Crippen LogP contribution in [0.4, 0.5) is 0 Å². The Labute approximate surface area is 128 Å². The summed E-state index contributed by atoms with van der Waals surface area (Å²) in [4.78, 5) is 0.187. The third-order valence-electron chi connectivity index (χ3n) is 3.54. The van der Waals surface area contributed by atoms with Gasteiger partial charge in [-0.1, -0.05) is 30.3 Å². The van der Waals surface area contributed by atoms with Crippen LogP contribution in [0.1, 0.15) is 0 Å². The minimum absolute atomic E-state index is 0.0423. The maximum Gasteiger partial charge on any atom is 0.222 e. The second kappa shape index (κ2) is 5.47. The summed E-state index contributed by atoms with van der Waals surface area (Å²) >= 11 is 0. The maximum atomic E-state index is 12.8. The van der Waals surface area contributed by atoms with Crippen molar-refractivity contribution in [2.75, 3.05) is 7.11 Å². The molecular weight excluding hydrogens is 302 g/mol. The Hall–Kier alpha value is -2.31. The fraction of sp³-hybridized carbons (Fsp3) is 0.125. The molecule has 6 heteroatoms. The number of hydrogen-bond acceptors (Lipinski definition) is 4. The number of aliphatic hydroxyl groups excluding tert-OH is 1. The van der Waals surface area contributed by atoms with E-state index < -0.39 is 16.6 Å². The highest BCUT2D eigenvalue weighted by Crippen LogP contribution is 2.32. The van der Waals surface area contributed by atoms with E-state index in [9.17, 15) is 13.5 Å². The van der Waals surface area contributed by atoms with Gasteiger partial charge in [-0.2, -0.15) is 0 Å². The van der Waals surface area contributed by atoms with Gasteiger partial charge in [0, 0.05) is 5.39 Å². The van der Waals surface area contributed by atoms with E-state index in [1.54, 1.807) is 42.5 Å². The maximum absolute atomic E-state index is 12.8. The Bertz CT molecular complexity index is 914. The van der Waals surface area contributed by atoms with Crippen molar-refractivity contribution in [2.45, 2.75) is 16.7 Å². The molecule has 1 heterocycles. The largest absolute Gasteiger partial charge is 0.495 e. The number of sulfone groups is 1. The Kier molecular flexibility index (Phi) is 3.64. The van der Waals surface area contributed by atoms with Crippen LogP contribution in [-0.4, -0.2) is 25.2 Å². The minimum Gasteiger partial charge on any atom is -0.495 e. The van der Waals surface area contributed by atoms with Crippen LogP contribution in [0.25, 0.3) is 10.9 Å². The van der Waals surface area contributed by atoms with Crippen molar-refractivity contribution in [1.82, 2.24) is 4.57 Å². The van der Waals surface area contributed by atoms with Crippen LogP contribution in [0.2, 0.25) is 0 Å². The second-order valence-electron chi connectivity index (χ2n) is 4.77. The molecule has 0 aliphatic rings. The quantitative estimate of drug-likeness (QED) is 0.802. The van der Waals surface area contributed by atoms with E-state index in [-0.39, 0.29) is 9.92 Å². The van der Waals surface area contributed by atoms with Crippen molar-refractivity contribution in [3.63, 3.8) is 0 Å². The first kappa shape index (κ1) is 14.6. The normalized spacial score (nSPS) is 11.7. The number of benzene rings is 2. The van der Waals surface area contributed by atoms with Crippen LogP contribution >= 0.6 is 0 Å². The average molecular weight is 317 g/mol. The zero-order valence-electron chi connectivity index (χ0n) is 11.9. The number of para-hydroxylation sites is 1. The molecule has 3 rings (SSSR count). The number of methoxy groups -OCH3 is 1. The summed E-state index contributed by atoms with van der Waals surface area (Å²) in [6, 6.07) is 15.0. The Balaban J connectivity index is 2.33. The molecule has 1 N–H and O–H groups in total. The van der Waals surface area contributed by atoms with Crippen LogP contribution in [0, 0.1) is 0 Å². The van der Waals surface area contributed by atoms with Crippen molar-refractivity contribution >= 4 is 20.7 Å². The van der Waals surface area contributed by atoms with E-state index in [0.717, 1.165) is 0 Å². The van der Waals surface area contributed by atoms with Gasteiger partial charge in [-0.15, -0.1) is 0 Å². The molecule has 0 bridgehead atoms. The van der Waals surface area contributed by atoms with Gasteiger partial charge in [0.05, 0.1) is 17.5 Å². The van der Waals surface area contributed by atoms with Crippen molar-refractivity contribution in [2.24, 2.45) is 0 Å². The summed E-state index contributed by atoms with van der Waals surface area (Å²) < 4.78 is 32.2. The summed E-state index contributed by atoms with van der Waals surface area (Å²) in [7, 11) is -2.21. The first-order valence-electron chi connectivity index (χ1n) is 6.67. The van der Waals surface area contributed by atoms with E-state index in [1.807, 2.05) is 0 Å². The molecule has 0 atom stereocenters. The smallest absolute Gasteiger partial charge is 0.222 e. The summed E-state index contributed by atoms with van der Waals surface area (Å²) in [5, 5.41) is 10.4. The summed E-state index contributed by atoms with van der Waals surface area (Å²) in [5.74, 6) is 0.515. The molecule has 2 aromatic carbocycles. The highest BCUT2D eigenvalue weighted by Gasteiger charge is 2.24. The molecule has 0 aliphatic heterocycles. The summed E-state index contributed by atoms with van der Waals surface area (Å²) in [5.41, 5.74) is 0.557. The lowest BCUT2D eigenvalue weighted by molar-refractivity contribution is 0.205. The molecule has 0 saturated carbocycles. The molecule has 0 amide bonds. The number of rotatable bonds is 4. The van der Waals surface area contributed by atoms with Gasteiger partial charge in [0.15, 0.2) is 0 Å². The average Bonchev–Trinajstić information content (AvgIpc) is 2.95. The van der Waals surface area contributed by atoms with Crippen molar-refractivity contribution < 1.29 is 18.3 Å². The fourth-order valence-electron chi connectivity index (χ4n) is 2.51. The second-order valence-corrected chi connectivity index (χ2v) is 6.66. The summed E-state index contributed by atoms with van der Waals surface area (Å²) in [6.45, 7) is -0.453. The fourth-order valence-corrected chi connectivity index (χ4v) is 3.99. The Morgan fingerprint density at radius 3 is 2.45 bits per heavy atom. The van der Waals surface area contributed by atoms with E-state index in [1.165, 1.54) is 23.8 Å². The minimum atomic E-state index is -3.72. The molecular formula is C16H15NO4S. The molecule has 114 valence electrons. The molecule has 0 radical (unpaired) electrons. The lowest BCUT2D eigenvalue weighted by Gasteiger charge is -2.10. The molecule has 0 fully saturated rings. The highest BCUT2D eigenvalue weighted by atomic mass is 32.2. The van der Waals surface area contributed by atoms with Gasteiger partial charge < -0.3 is 14.4 Å². The molecule has 3 aromatic rings. The standard InChI is InChI=1S/C16H15NO4S/c1-21-14-9-5-6-12-10-15(17(11-18)16(12)14)22(19,20)13-7-3-2-4-8-13/h2-10,18H,11H2,1H3. The summed E-state index contributed by atoms with van der Waals surface area (Å²) in [6.07, 6.45) is 0. The number of aliphatic hydroxyl groups is 1. The van der Waals surface area contributed by atoms with E-state index in [4.69, 9.17) is 4.74 Å². The van der Waals surface area contributed by atoms with Gasteiger partial charge in [-0.05, 0) is 24.3 Å². The molecule has 0 spiro atoms. The van der Waals surface area contributed by atoms with Crippen molar-refractivity contribution in [3.8, 4) is 5.75 Å². The number of hydrogen-bond donors (Lipinski definition) is 1. The van der Waals surface area contributed by atoms with Gasteiger partial charge >= 0.3 is 0 Å². The monoisotopic (exact) mass is 317 g/mol. The van der Waals surface area contributed by atoms with Gasteiger partial charge in [-0.25, -0.2) is 8.42 Å². The Morgan fingerprint density at radius 2 is 1.82 bits per heavy atom.